The largest absolute Gasteiger partial charge is 0.494 e. The minimum atomic E-state index is -0.671. The lowest BCUT2D eigenvalue weighted by Crippen LogP contribution is -2.26. The van der Waals surface area contributed by atoms with Crippen molar-refractivity contribution >= 4 is 11.0 Å². The minimum Gasteiger partial charge on any atom is -0.494 e. The van der Waals surface area contributed by atoms with Crippen molar-refractivity contribution in [3.63, 3.8) is 0 Å². The number of nitriles is 1. The van der Waals surface area contributed by atoms with E-state index in [2.05, 4.69) is 6.07 Å². The first-order valence-corrected chi connectivity index (χ1v) is 9.00. The monoisotopic (exact) mass is 374 g/mol. The first kappa shape index (κ1) is 17.7. The molecule has 6 heteroatoms. The molecule has 6 nitrogen and oxygen atoms in total. The number of hydrogen-bond acceptors (Lipinski definition) is 6. The summed E-state index contributed by atoms with van der Waals surface area (Å²) in [5.74, 6) is 0.371. The second kappa shape index (κ2) is 7.12. The molecular weight excluding hydrogens is 356 g/mol. The Hall–Kier alpha value is -3.72. The molecule has 0 saturated carbocycles. The molecule has 1 unspecified atom stereocenters. The lowest BCUT2D eigenvalue weighted by molar-refractivity contribution is 0.317. The molecule has 1 atom stereocenters. The average Bonchev–Trinajstić information content (AvgIpc) is 2.72. The molecular formula is C22H18N2O4. The number of fused-ring (bicyclic) bond motifs is 3. The van der Waals surface area contributed by atoms with Crippen LogP contribution in [-0.2, 0) is 0 Å². The number of nitrogens with two attached hydrogens (primary N) is 1. The van der Waals surface area contributed by atoms with Gasteiger partial charge in [-0.2, -0.15) is 5.26 Å². The molecule has 28 heavy (non-hydrogen) atoms. The molecule has 0 aliphatic carbocycles. The van der Waals surface area contributed by atoms with Crippen LogP contribution >= 0.6 is 0 Å². The van der Waals surface area contributed by atoms with Crippen LogP contribution in [-0.4, -0.2) is 6.61 Å². The third-order valence-electron chi connectivity index (χ3n) is 4.66. The van der Waals surface area contributed by atoms with E-state index in [9.17, 15) is 10.1 Å². The zero-order chi connectivity index (χ0) is 19.7. The molecule has 1 aliphatic heterocycles. The molecule has 1 aromatic heterocycles. The molecule has 1 aliphatic rings. The molecule has 2 N–H and O–H groups in total. The van der Waals surface area contributed by atoms with E-state index in [1.165, 1.54) is 0 Å². The summed E-state index contributed by atoms with van der Waals surface area (Å²) >= 11 is 0. The summed E-state index contributed by atoms with van der Waals surface area (Å²) in [5, 5.41) is 10.3. The Morgan fingerprint density at radius 2 is 1.93 bits per heavy atom. The normalized spacial score (nSPS) is 15.6. The van der Waals surface area contributed by atoms with Crippen LogP contribution in [0.25, 0.3) is 11.0 Å². The number of hydrogen-bond donors (Lipinski definition) is 1. The predicted octanol–water partition coefficient (Wildman–Crippen LogP) is 3.80. The fourth-order valence-electron chi connectivity index (χ4n) is 3.38. The summed E-state index contributed by atoms with van der Waals surface area (Å²) in [5.41, 5.74) is 7.08. The van der Waals surface area contributed by atoms with E-state index in [-0.39, 0.29) is 17.0 Å². The summed E-state index contributed by atoms with van der Waals surface area (Å²) in [6.45, 7) is 2.65. The highest BCUT2D eigenvalue weighted by Gasteiger charge is 2.35. The molecule has 0 spiro atoms. The second-order valence-electron chi connectivity index (χ2n) is 6.47. The van der Waals surface area contributed by atoms with Crippen molar-refractivity contribution in [2.75, 3.05) is 6.61 Å². The molecule has 0 bridgehead atoms. The van der Waals surface area contributed by atoms with Crippen molar-refractivity contribution in [2.24, 2.45) is 5.73 Å². The molecule has 2 aromatic carbocycles. The lowest BCUT2D eigenvalue weighted by atomic mass is 9.84. The van der Waals surface area contributed by atoms with Crippen LogP contribution < -0.4 is 20.8 Å². The third-order valence-corrected chi connectivity index (χ3v) is 4.66. The highest BCUT2D eigenvalue weighted by Crippen LogP contribution is 2.43. The van der Waals surface area contributed by atoms with Gasteiger partial charge in [0.1, 0.15) is 23.0 Å². The van der Waals surface area contributed by atoms with Gasteiger partial charge in [-0.25, -0.2) is 4.79 Å². The molecule has 4 rings (SSSR count). The van der Waals surface area contributed by atoms with Crippen LogP contribution in [0.2, 0.25) is 0 Å². The van der Waals surface area contributed by atoms with Gasteiger partial charge in [-0.05, 0) is 36.2 Å². The Morgan fingerprint density at radius 3 is 2.64 bits per heavy atom. The Labute approximate surface area is 161 Å². The van der Waals surface area contributed by atoms with E-state index in [1.54, 1.807) is 18.2 Å². The highest BCUT2D eigenvalue weighted by molar-refractivity contribution is 5.86. The number of nitrogens with zero attached hydrogens (tertiary/aromatic N) is 1. The van der Waals surface area contributed by atoms with Crippen LogP contribution in [0.5, 0.6) is 11.5 Å². The van der Waals surface area contributed by atoms with Crippen LogP contribution in [0.15, 0.2) is 69.2 Å². The molecule has 0 saturated heterocycles. The van der Waals surface area contributed by atoms with Gasteiger partial charge < -0.3 is 19.6 Å². The smallest absolute Gasteiger partial charge is 0.344 e. The van der Waals surface area contributed by atoms with Crippen molar-refractivity contribution in [2.45, 2.75) is 19.3 Å². The van der Waals surface area contributed by atoms with Gasteiger partial charge in [0.2, 0.25) is 5.88 Å². The standard InChI is InChI=1S/C22H18N2O4/c1-2-11-26-14-9-7-13(8-10-14)18-16(12-23)21(24)28-20-15-5-3-4-6-17(15)27-22(25)19(18)20/h3-10,18H,2,11,24H2,1H3. The van der Waals surface area contributed by atoms with Gasteiger partial charge >= 0.3 is 5.63 Å². The molecule has 140 valence electrons. The first-order valence-electron chi connectivity index (χ1n) is 9.00. The van der Waals surface area contributed by atoms with E-state index in [4.69, 9.17) is 19.6 Å². The zero-order valence-electron chi connectivity index (χ0n) is 15.3. The van der Waals surface area contributed by atoms with E-state index < -0.39 is 11.5 Å². The lowest BCUT2D eigenvalue weighted by Gasteiger charge is -2.26. The summed E-state index contributed by atoms with van der Waals surface area (Å²) in [6, 6.07) is 16.4. The van der Waals surface area contributed by atoms with Gasteiger partial charge in [-0.15, -0.1) is 0 Å². The van der Waals surface area contributed by atoms with Crippen LogP contribution in [0.1, 0.15) is 30.4 Å². The highest BCUT2D eigenvalue weighted by atomic mass is 16.5. The van der Waals surface area contributed by atoms with Crippen molar-refractivity contribution in [3.8, 4) is 17.6 Å². The zero-order valence-corrected chi connectivity index (χ0v) is 15.3. The van der Waals surface area contributed by atoms with Gasteiger partial charge in [0.05, 0.1) is 23.5 Å². The van der Waals surface area contributed by atoms with Crippen molar-refractivity contribution in [1.82, 2.24) is 0 Å². The molecule has 3 aromatic rings. The Morgan fingerprint density at radius 1 is 1.18 bits per heavy atom. The number of ether oxygens (including phenoxy) is 2. The molecule has 0 amide bonds. The quantitative estimate of drug-likeness (QED) is 0.698. The molecule has 0 radical (unpaired) electrons. The van der Waals surface area contributed by atoms with Crippen LogP contribution in [0.3, 0.4) is 0 Å². The minimum absolute atomic E-state index is 0.0120. The van der Waals surface area contributed by atoms with Gasteiger partial charge in [-0.1, -0.05) is 31.2 Å². The van der Waals surface area contributed by atoms with Crippen LogP contribution in [0.4, 0.5) is 0 Å². The number of rotatable bonds is 4. The average molecular weight is 374 g/mol. The van der Waals surface area contributed by atoms with Gasteiger partial charge in [0.25, 0.3) is 0 Å². The van der Waals surface area contributed by atoms with Gasteiger partial charge in [0.15, 0.2) is 5.75 Å². The fourth-order valence-corrected chi connectivity index (χ4v) is 3.38. The fraction of sp³-hybridized carbons (Fsp3) is 0.182. The third kappa shape index (κ3) is 2.87. The maximum absolute atomic E-state index is 12.8. The number of para-hydroxylation sites is 1. The van der Waals surface area contributed by atoms with Gasteiger partial charge in [-0.3, -0.25) is 0 Å². The molecule has 0 fully saturated rings. The SMILES string of the molecule is CCCOc1ccc(C2C(C#N)=C(N)Oc3c2c(=O)oc2ccccc32)cc1. The second-order valence-corrected chi connectivity index (χ2v) is 6.47. The summed E-state index contributed by atoms with van der Waals surface area (Å²) in [7, 11) is 0. The summed E-state index contributed by atoms with van der Waals surface area (Å²) < 4.78 is 16.8. The van der Waals surface area contributed by atoms with Crippen molar-refractivity contribution in [1.29, 1.82) is 5.26 Å². The van der Waals surface area contributed by atoms with Crippen molar-refractivity contribution in [3.05, 3.63) is 81.5 Å². The summed E-state index contributed by atoms with van der Waals surface area (Å²) in [4.78, 5) is 12.8. The topological polar surface area (TPSA) is 98.5 Å². The predicted molar refractivity (Wildman–Crippen MR) is 104 cm³/mol. The van der Waals surface area contributed by atoms with E-state index in [0.717, 1.165) is 17.7 Å². The van der Waals surface area contributed by atoms with E-state index >= 15 is 0 Å². The Bertz CT molecular complexity index is 1170. The Kier molecular flexibility index (Phi) is 4.50. The van der Waals surface area contributed by atoms with E-state index in [1.807, 2.05) is 37.3 Å². The molecule has 2 heterocycles. The van der Waals surface area contributed by atoms with Crippen molar-refractivity contribution < 1.29 is 13.9 Å². The number of benzene rings is 2. The summed E-state index contributed by atoms with van der Waals surface area (Å²) in [6.07, 6.45) is 0.904. The maximum Gasteiger partial charge on any atom is 0.344 e. The van der Waals surface area contributed by atoms with E-state index in [0.29, 0.717) is 23.3 Å². The van der Waals surface area contributed by atoms with Gasteiger partial charge in [0, 0.05) is 0 Å². The maximum atomic E-state index is 12.8. The first-order chi connectivity index (χ1) is 13.6. The Balaban J connectivity index is 1.91. The van der Waals surface area contributed by atoms with Crippen LogP contribution in [0, 0.1) is 11.3 Å². The number of allylic oxidation sites excluding steroid dienone is 1.